The Bertz CT molecular complexity index is 1840. The van der Waals surface area contributed by atoms with Gasteiger partial charge in [-0.2, -0.15) is 0 Å². The summed E-state index contributed by atoms with van der Waals surface area (Å²) in [5.74, 6) is -0.474. The molecule has 0 aromatic rings. The largest absolute Gasteiger partial charge is 0.472 e. The van der Waals surface area contributed by atoms with Gasteiger partial charge in [0.2, 0.25) is 0 Å². The summed E-state index contributed by atoms with van der Waals surface area (Å²) in [6, 6.07) is 0. The van der Waals surface area contributed by atoms with E-state index in [1.54, 1.807) is 0 Å². The summed E-state index contributed by atoms with van der Waals surface area (Å²) < 4.78 is 68.3. The highest BCUT2D eigenvalue weighted by atomic mass is 31.2. The second kappa shape index (κ2) is 67.9. The predicted octanol–water partition coefficient (Wildman–Crippen LogP) is 22.3. The standard InChI is InChI=1S/C76H148O17P2/c1-7-10-12-14-15-16-17-24-32-37-42-48-54-60-75(80)92-71(64-86-73(78)58-52-44-13-11-8-2)66-90-94(82,83)88-62-70(77)63-89-95(84,85)91-67-72(65-87-74(79)59-53-47-41-36-31-28-27-29-34-39-45-50-56-68(4)5)93-76(81)61-55-49-43-38-33-26-23-21-19-18-20-22-25-30-35-40-46-51-57-69(6)9-3/h68-72,77H,7-67H2,1-6H3,(H,82,83)(H,84,85)/t69?,70-,71+,72+/m0/s1. The molecule has 3 unspecified atom stereocenters. The fourth-order valence-electron chi connectivity index (χ4n) is 11.6. The van der Waals surface area contributed by atoms with Gasteiger partial charge in [0, 0.05) is 25.7 Å². The van der Waals surface area contributed by atoms with E-state index in [1.807, 2.05) is 0 Å². The SMILES string of the molecule is CCCCCCCCCCCCCCCC(=O)O[C@H](COC(=O)CCCCCCC)COP(=O)(O)OC[C@H](O)COP(=O)(O)OC[C@@H](COC(=O)CCCCCCCCCCCCCCC(C)C)OC(=O)CCCCCCCCCCCCCCCCCCCCC(C)CC. The third kappa shape index (κ3) is 69.0. The lowest BCUT2D eigenvalue weighted by atomic mass is 9.99. The fraction of sp³-hybridized carbons (Fsp3) is 0.947. The maximum atomic E-state index is 13.1. The number of carbonyl (C=O) groups excluding carboxylic acids is 4. The summed E-state index contributed by atoms with van der Waals surface area (Å²) in [4.78, 5) is 72.5. The van der Waals surface area contributed by atoms with Crippen LogP contribution in [0.1, 0.15) is 395 Å². The van der Waals surface area contributed by atoms with Gasteiger partial charge in [0.25, 0.3) is 0 Å². The number of carbonyl (C=O) groups is 4. The Balaban J connectivity index is 5.11. The zero-order valence-electron chi connectivity index (χ0n) is 62.0. The van der Waals surface area contributed by atoms with Gasteiger partial charge < -0.3 is 33.8 Å². The summed E-state index contributed by atoms with van der Waals surface area (Å²) >= 11 is 0. The number of unbranched alkanes of at least 4 members (excludes halogenated alkanes) is 44. The molecule has 3 N–H and O–H groups in total. The lowest BCUT2D eigenvalue weighted by Gasteiger charge is -2.21. The van der Waals surface area contributed by atoms with Gasteiger partial charge in [0.15, 0.2) is 12.2 Å². The highest BCUT2D eigenvalue weighted by Crippen LogP contribution is 2.45. The third-order valence-corrected chi connectivity index (χ3v) is 20.0. The van der Waals surface area contributed by atoms with Crippen molar-refractivity contribution in [3.8, 4) is 0 Å². The van der Waals surface area contributed by atoms with Crippen LogP contribution < -0.4 is 0 Å². The second-order valence-electron chi connectivity index (χ2n) is 28.1. The summed E-state index contributed by atoms with van der Waals surface area (Å²) in [5.41, 5.74) is 0. The minimum atomic E-state index is -4.96. The van der Waals surface area contributed by atoms with Gasteiger partial charge in [0.05, 0.1) is 26.4 Å². The molecule has 0 amide bonds. The molecule has 564 valence electrons. The van der Waals surface area contributed by atoms with Crippen LogP contribution in [0.5, 0.6) is 0 Å². The van der Waals surface area contributed by atoms with E-state index in [2.05, 4.69) is 41.5 Å². The molecule has 0 aromatic carbocycles. The Morgan fingerprint density at radius 3 is 0.800 bits per heavy atom. The van der Waals surface area contributed by atoms with Gasteiger partial charge >= 0.3 is 39.5 Å². The van der Waals surface area contributed by atoms with Crippen molar-refractivity contribution in [3.63, 3.8) is 0 Å². The van der Waals surface area contributed by atoms with Gasteiger partial charge in [-0.05, 0) is 37.5 Å². The molecule has 0 aliphatic carbocycles. The molecule has 0 heterocycles. The Morgan fingerprint density at radius 1 is 0.305 bits per heavy atom. The maximum Gasteiger partial charge on any atom is 0.472 e. The van der Waals surface area contributed by atoms with E-state index in [9.17, 15) is 43.2 Å². The molecular weight excluding hydrogens is 1250 g/mol. The molecule has 6 atom stereocenters. The van der Waals surface area contributed by atoms with Gasteiger partial charge in [-0.1, -0.05) is 343 Å². The smallest absolute Gasteiger partial charge is 0.462 e. The Kier molecular flexibility index (Phi) is 66.5. The Morgan fingerprint density at radius 2 is 0.537 bits per heavy atom. The van der Waals surface area contributed by atoms with E-state index < -0.39 is 97.5 Å². The third-order valence-electron chi connectivity index (χ3n) is 18.1. The monoisotopic (exact) mass is 1400 g/mol. The molecule has 0 saturated carbocycles. The number of aliphatic hydroxyl groups is 1. The molecule has 0 aliphatic rings. The van der Waals surface area contributed by atoms with Gasteiger partial charge in [0.1, 0.15) is 19.3 Å². The second-order valence-corrected chi connectivity index (χ2v) is 31.0. The first-order valence-corrected chi connectivity index (χ1v) is 42.5. The number of esters is 4. The van der Waals surface area contributed by atoms with Crippen molar-refractivity contribution in [2.75, 3.05) is 39.6 Å². The number of phosphoric acid groups is 2. The van der Waals surface area contributed by atoms with Crippen LogP contribution in [0.3, 0.4) is 0 Å². The minimum Gasteiger partial charge on any atom is -0.462 e. The molecular formula is C76H148O17P2. The molecule has 0 spiro atoms. The topological polar surface area (TPSA) is 237 Å². The first-order chi connectivity index (χ1) is 45.9. The van der Waals surface area contributed by atoms with Crippen LogP contribution in [0.25, 0.3) is 0 Å². The fourth-order valence-corrected chi connectivity index (χ4v) is 13.2. The zero-order chi connectivity index (χ0) is 70.0. The summed E-state index contributed by atoms with van der Waals surface area (Å²) in [7, 11) is -9.90. The van der Waals surface area contributed by atoms with Crippen molar-refractivity contribution >= 4 is 39.5 Å². The molecule has 0 radical (unpaired) electrons. The van der Waals surface area contributed by atoms with Gasteiger partial charge in [-0.25, -0.2) is 9.13 Å². The number of hydrogen-bond acceptors (Lipinski definition) is 15. The lowest BCUT2D eigenvalue weighted by Crippen LogP contribution is -2.30. The van der Waals surface area contributed by atoms with Crippen LogP contribution in [-0.4, -0.2) is 96.7 Å². The molecule has 95 heavy (non-hydrogen) atoms. The van der Waals surface area contributed by atoms with Crippen LogP contribution in [0, 0.1) is 11.8 Å². The van der Waals surface area contributed by atoms with Gasteiger partial charge in [-0.3, -0.25) is 37.3 Å². The lowest BCUT2D eigenvalue weighted by molar-refractivity contribution is -0.161. The quantitative estimate of drug-likeness (QED) is 0.0222. The number of hydrogen-bond donors (Lipinski definition) is 3. The van der Waals surface area contributed by atoms with Crippen molar-refractivity contribution in [2.24, 2.45) is 11.8 Å². The number of aliphatic hydroxyl groups excluding tert-OH is 1. The Hall–Kier alpha value is -1.94. The predicted molar refractivity (Wildman–Crippen MR) is 386 cm³/mol. The highest BCUT2D eigenvalue weighted by molar-refractivity contribution is 7.47. The normalized spacial score (nSPS) is 14.3. The number of phosphoric ester groups is 2. The van der Waals surface area contributed by atoms with Crippen LogP contribution in [-0.2, 0) is 65.4 Å². The van der Waals surface area contributed by atoms with Crippen LogP contribution in [0.15, 0.2) is 0 Å². The molecule has 0 rings (SSSR count). The van der Waals surface area contributed by atoms with Crippen LogP contribution >= 0.6 is 15.6 Å². The summed E-state index contributed by atoms with van der Waals surface area (Å²) in [5, 5.41) is 10.6. The molecule has 17 nitrogen and oxygen atoms in total. The number of rotatable bonds is 75. The Labute approximate surface area is 581 Å². The highest BCUT2D eigenvalue weighted by Gasteiger charge is 2.30. The summed E-state index contributed by atoms with van der Waals surface area (Å²) in [6.07, 6.45) is 55.9. The molecule has 0 aromatic heterocycles. The molecule has 0 fully saturated rings. The molecule has 0 saturated heterocycles. The van der Waals surface area contributed by atoms with Crippen molar-refractivity contribution in [3.05, 3.63) is 0 Å². The molecule has 0 bridgehead atoms. The number of ether oxygens (including phenoxy) is 4. The summed E-state index contributed by atoms with van der Waals surface area (Å²) in [6.45, 7) is 9.59. The average molecular weight is 1400 g/mol. The van der Waals surface area contributed by atoms with Gasteiger partial charge in [-0.15, -0.1) is 0 Å². The maximum absolute atomic E-state index is 13.1. The van der Waals surface area contributed by atoms with E-state index in [1.165, 1.54) is 205 Å². The van der Waals surface area contributed by atoms with E-state index in [0.717, 1.165) is 108 Å². The van der Waals surface area contributed by atoms with E-state index in [0.29, 0.717) is 25.7 Å². The minimum absolute atomic E-state index is 0.107. The van der Waals surface area contributed by atoms with Crippen LogP contribution in [0.2, 0.25) is 0 Å². The zero-order valence-corrected chi connectivity index (χ0v) is 63.8. The van der Waals surface area contributed by atoms with Crippen molar-refractivity contribution in [1.82, 2.24) is 0 Å². The van der Waals surface area contributed by atoms with Crippen molar-refractivity contribution < 1.29 is 80.2 Å². The van der Waals surface area contributed by atoms with Crippen molar-refractivity contribution in [1.29, 1.82) is 0 Å². The first kappa shape index (κ1) is 93.1. The van der Waals surface area contributed by atoms with E-state index >= 15 is 0 Å². The van der Waals surface area contributed by atoms with Crippen LogP contribution in [0.4, 0.5) is 0 Å². The average Bonchev–Trinajstić information content (AvgIpc) is 1.33. The van der Waals surface area contributed by atoms with Crippen molar-refractivity contribution in [2.45, 2.75) is 413 Å². The first-order valence-electron chi connectivity index (χ1n) is 39.5. The van der Waals surface area contributed by atoms with E-state index in [-0.39, 0.29) is 25.7 Å². The molecule has 19 heteroatoms. The molecule has 0 aliphatic heterocycles. The van der Waals surface area contributed by atoms with E-state index in [4.69, 9.17) is 37.0 Å².